The van der Waals surface area contributed by atoms with E-state index in [2.05, 4.69) is 6.92 Å². The molecular weight excluding hydrogens is 174 g/mol. The molecule has 0 heterocycles. The van der Waals surface area contributed by atoms with Crippen LogP contribution in [0.4, 0.5) is 0 Å². The van der Waals surface area contributed by atoms with Crippen molar-refractivity contribution in [2.45, 2.75) is 44.9 Å². The van der Waals surface area contributed by atoms with Crippen LogP contribution in [0, 0.1) is 5.92 Å². The number of nitrogens with two attached hydrogens (primary N) is 1. The highest BCUT2D eigenvalue weighted by Gasteiger charge is 2.19. The lowest BCUT2D eigenvalue weighted by Crippen LogP contribution is -2.33. The Labute approximate surface area is 77.0 Å². The van der Waals surface area contributed by atoms with Crippen molar-refractivity contribution < 1.29 is 8.76 Å². The molecule has 3 unspecified atom stereocenters. The van der Waals surface area contributed by atoms with Gasteiger partial charge in [0, 0.05) is 0 Å². The molecule has 0 aromatic carbocycles. The Morgan fingerprint density at radius 3 is 2.42 bits per heavy atom. The third kappa shape index (κ3) is 4.18. The second-order valence-corrected chi connectivity index (χ2v) is 4.15. The Morgan fingerprint density at radius 2 is 2.08 bits per heavy atom. The summed E-state index contributed by atoms with van der Waals surface area (Å²) in [5.74, 6) is 0.191. The van der Waals surface area contributed by atoms with Gasteiger partial charge in [-0.3, -0.25) is 0 Å². The minimum atomic E-state index is -1.87. The molecule has 0 fully saturated rings. The minimum absolute atomic E-state index is 0.191. The smallest absolute Gasteiger partial charge is 0.170 e. The first-order chi connectivity index (χ1) is 5.63. The van der Waals surface area contributed by atoms with Gasteiger partial charge in [-0.1, -0.05) is 33.1 Å². The molecule has 3 nitrogen and oxygen atoms in total. The maximum absolute atomic E-state index is 10.6. The molecule has 0 aliphatic carbocycles. The molecule has 0 saturated heterocycles. The number of unbranched alkanes of at least 4 members (excludes halogenated alkanes) is 1. The lowest BCUT2D eigenvalue weighted by Gasteiger charge is -2.18. The molecule has 0 rings (SSSR count). The maximum atomic E-state index is 10.6. The zero-order valence-corrected chi connectivity index (χ0v) is 8.64. The van der Waals surface area contributed by atoms with Crippen LogP contribution in [0.25, 0.3) is 0 Å². The zero-order valence-electron chi connectivity index (χ0n) is 7.82. The average Bonchev–Trinajstić information content (AvgIpc) is 2.05. The first-order valence-electron chi connectivity index (χ1n) is 4.48. The Kier molecular flexibility index (Phi) is 6.61. The van der Waals surface area contributed by atoms with Crippen molar-refractivity contribution in [2.75, 3.05) is 0 Å². The van der Waals surface area contributed by atoms with Gasteiger partial charge in [0.05, 0.1) is 0 Å². The highest BCUT2D eigenvalue weighted by molar-refractivity contribution is 7.79. The van der Waals surface area contributed by atoms with E-state index in [0.29, 0.717) is 0 Å². The summed E-state index contributed by atoms with van der Waals surface area (Å²) < 4.78 is 19.4. The summed E-state index contributed by atoms with van der Waals surface area (Å²) in [7, 11) is 0. The standard InChI is InChI=1S/C8H19NO2S/c1-3-5-6-7(4-2)8(9)12(10)11/h7-8H,3-6,9H2,1-2H3,(H,10,11). The molecule has 0 saturated carbocycles. The van der Waals surface area contributed by atoms with Crippen molar-refractivity contribution in [3.63, 3.8) is 0 Å². The van der Waals surface area contributed by atoms with Gasteiger partial charge in [0.15, 0.2) is 11.1 Å². The first kappa shape index (κ1) is 12.1. The summed E-state index contributed by atoms with van der Waals surface area (Å²) >= 11 is -1.87. The van der Waals surface area contributed by atoms with Crippen LogP contribution in [0.2, 0.25) is 0 Å². The van der Waals surface area contributed by atoms with Gasteiger partial charge in [-0.2, -0.15) is 0 Å². The molecule has 74 valence electrons. The van der Waals surface area contributed by atoms with E-state index < -0.39 is 16.5 Å². The maximum Gasteiger partial charge on any atom is 0.170 e. The zero-order chi connectivity index (χ0) is 9.56. The normalized spacial score (nSPS) is 18.7. The molecule has 0 aromatic heterocycles. The van der Waals surface area contributed by atoms with Crippen molar-refractivity contribution in [3.05, 3.63) is 0 Å². The molecule has 4 heteroatoms. The predicted octanol–water partition coefficient (Wildman–Crippen LogP) is 1.71. The van der Waals surface area contributed by atoms with Crippen molar-refractivity contribution in [1.29, 1.82) is 0 Å². The predicted molar refractivity (Wildman–Crippen MR) is 52.1 cm³/mol. The van der Waals surface area contributed by atoms with Crippen molar-refractivity contribution >= 4 is 11.1 Å². The van der Waals surface area contributed by atoms with E-state index in [1.807, 2.05) is 6.92 Å². The molecular formula is C8H19NO2S. The largest absolute Gasteiger partial charge is 0.315 e. The lowest BCUT2D eigenvalue weighted by molar-refractivity contribution is 0.415. The fraction of sp³-hybridized carbons (Fsp3) is 1.00. The van der Waals surface area contributed by atoms with E-state index in [1.54, 1.807) is 0 Å². The van der Waals surface area contributed by atoms with Crippen LogP contribution >= 0.6 is 0 Å². The van der Waals surface area contributed by atoms with Crippen LogP contribution in [-0.2, 0) is 11.1 Å². The Bertz CT molecular complexity index is 141. The van der Waals surface area contributed by atoms with Crippen LogP contribution in [0.15, 0.2) is 0 Å². The quantitative estimate of drug-likeness (QED) is 0.631. The lowest BCUT2D eigenvalue weighted by atomic mass is 9.99. The minimum Gasteiger partial charge on any atom is -0.315 e. The first-order valence-corrected chi connectivity index (χ1v) is 5.65. The van der Waals surface area contributed by atoms with Crippen LogP contribution in [0.1, 0.15) is 39.5 Å². The van der Waals surface area contributed by atoms with Gasteiger partial charge in [-0.05, 0) is 12.3 Å². The van der Waals surface area contributed by atoms with E-state index in [9.17, 15) is 4.21 Å². The second-order valence-electron chi connectivity index (χ2n) is 3.05. The molecule has 0 amide bonds. The van der Waals surface area contributed by atoms with Crippen molar-refractivity contribution in [3.8, 4) is 0 Å². The average molecular weight is 193 g/mol. The summed E-state index contributed by atoms with van der Waals surface area (Å²) in [5, 5.41) is -0.568. The number of hydrogen-bond donors (Lipinski definition) is 2. The summed E-state index contributed by atoms with van der Waals surface area (Å²) in [4.78, 5) is 0. The van der Waals surface area contributed by atoms with Gasteiger partial charge < -0.3 is 10.3 Å². The third-order valence-corrected chi connectivity index (χ3v) is 3.00. The Balaban J connectivity index is 3.87. The number of rotatable bonds is 6. The van der Waals surface area contributed by atoms with Gasteiger partial charge in [-0.25, -0.2) is 4.21 Å². The summed E-state index contributed by atoms with van der Waals surface area (Å²) in [6, 6.07) is 0. The molecule has 0 aromatic rings. The highest BCUT2D eigenvalue weighted by Crippen LogP contribution is 2.16. The Hall–Kier alpha value is 0.0700. The van der Waals surface area contributed by atoms with Gasteiger partial charge in [0.2, 0.25) is 0 Å². The van der Waals surface area contributed by atoms with E-state index in [4.69, 9.17) is 10.3 Å². The van der Waals surface area contributed by atoms with Gasteiger partial charge in [0.25, 0.3) is 0 Å². The molecule has 0 aliphatic rings. The van der Waals surface area contributed by atoms with Gasteiger partial charge in [0.1, 0.15) is 5.37 Å². The van der Waals surface area contributed by atoms with E-state index in [0.717, 1.165) is 25.7 Å². The van der Waals surface area contributed by atoms with Gasteiger partial charge in [-0.15, -0.1) is 0 Å². The molecule has 0 bridgehead atoms. The van der Waals surface area contributed by atoms with E-state index >= 15 is 0 Å². The van der Waals surface area contributed by atoms with E-state index in [1.165, 1.54) is 0 Å². The van der Waals surface area contributed by atoms with E-state index in [-0.39, 0.29) is 5.92 Å². The van der Waals surface area contributed by atoms with Gasteiger partial charge >= 0.3 is 0 Å². The van der Waals surface area contributed by atoms with Crippen LogP contribution in [-0.4, -0.2) is 14.1 Å². The van der Waals surface area contributed by atoms with Crippen LogP contribution in [0.3, 0.4) is 0 Å². The molecule has 3 N–H and O–H groups in total. The second kappa shape index (κ2) is 6.57. The third-order valence-electron chi connectivity index (χ3n) is 2.15. The fourth-order valence-corrected chi connectivity index (χ4v) is 1.89. The highest BCUT2D eigenvalue weighted by atomic mass is 32.2. The molecule has 3 atom stereocenters. The van der Waals surface area contributed by atoms with Crippen molar-refractivity contribution in [2.24, 2.45) is 11.7 Å². The fourth-order valence-electron chi connectivity index (χ4n) is 1.23. The number of hydrogen-bond acceptors (Lipinski definition) is 2. The topological polar surface area (TPSA) is 63.3 Å². The summed E-state index contributed by atoms with van der Waals surface area (Å²) in [6.45, 7) is 4.11. The van der Waals surface area contributed by atoms with Crippen molar-refractivity contribution in [1.82, 2.24) is 0 Å². The SMILES string of the molecule is CCCCC(CC)C(N)S(=O)O. The molecule has 0 spiro atoms. The molecule has 12 heavy (non-hydrogen) atoms. The Morgan fingerprint density at radius 1 is 1.50 bits per heavy atom. The summed E-state index contributed by atoms with van der Waals surface area (Å²) in [6.07, 6.45) is 4.04. The molecule has 0 radical (unpaired) electrons. The monoisotopic (exact) mass is 193 g/mol. The van der Waals surface area contributed by atoms with Crippen LogP contribution in [0.5, 0.6) is 0 Å². The van der Waals surface area contributed by atoms with Crippen LogP contribution < -0.4 is 5.73 Å². The molecule has 0 aliphatic heterocycles. The summed E-state index contributed by atoms with van der Waals surface area (Å²) in [5.41, 5.74) is 5.56.